The van der Waals surface area contributed by atoms with Gasteiger partial charge in [-0.3, -0.25) is 10.2 Å². The average molecular weight is 616 g/mol. The van der Waals surface area contributed by atoms with Crippen molar-refractivity contribution in [2.75, 3.05) is 46.3 Å². The molecule has 0 amide bonds. The van der Waals surface area contributed by atoms with Crippen LogP contribution in [0.15, 0.2) is 22.7 Å². The summed E-state index contributed by atoms with van der Waals surface area (Å²) in [6.45, 7) is 4.56. The highest BCUT2D eigenvalue weighted by Gasteiger charge is 2.48. The first-order valence-electron chi connectivity index (χ1n) is 16.0. The molecule has 0 unspecified atom stereocenters. The summed E-state index contributed by atoms with van der Waals surface area (Å²) < 4.78 is 30.4. The summed E-state index contributed by atoms with van der Waals surface area (Å²) in [5.74, 6) is 1.95. The number of aryl methyl sites for hydroxylation is 1. The van der Waals surface area contributed by atoms with Gasteiger partial charge in [-0.05, 0) is 76.1 Å². The quantitative estimate of drug-likeness (QED) is 0.375. The first-order valence-corrected chi connectivity index (χ1v) is 16.0. The molecule has 0 radical (unpaired) electrons. The third-order valence-electron chi connectivity index (χ3n) is 10.0. The van der Waals surface area contributed by atoms with Gasteiger partial charge < -0.3 is 29.2 Å². The van der Waals surface area contributed by atoms with Crippen molar-refractivity contribution >= 4 is 5.69 Å². The minimum atomic E-state index is -0.470. The molecule has 5 atom stereocenters. The predicted molar refractivity (Wildman–Crippen MR) is 165 cm³/mol. The topological polar surface area (TPSA) is 154 Å². The Morgan fingerprint density at radius 3 is 2.80 bits per heavy atom. The largest absolute Gasteiger partial charge is 0.473 e. The predicted octanol–water partition coefficient (Wildman–Crippen LogP) is 3.36. The molecule has 2 aromatic heterocycles. The van der Waals surface area contributed by atoms with Crippen LogP contribution >= 0.6 is 0 Å². The van der Waals surface area contributed by atoms with Crippen LogP contribution in [0.1, 0.15) is 67.0 Å². The maximum Gasteiger partial charge on any atom is 0.221 e. The smallest absolute Gasteiger partial charge is 0.221 e. The number of nitrogen functional groups attached to an aromatic ring is 1. The Bertz CT molecular complexity index is 1590. The lowest BCUT2D eigenvalue weighted by Crippen LogP contribution is -2.45. The molecule has 4 heterocycles. The van der Waals surface area contributed by atoms with Crippen molar-refractivity contribution in [2.24, 2.45) is 0 Å². The molecule has 2 saturated heterocycles. The van der Waals surface area contributed by atoms with Crippen LogP contribution in [-0.2, 0) is 27.7 Å². The lowest BCUT2D eigenvalue weighted by Gasteiger charge is -2.41. The zero-order chi connectivity index (χ0) is 31.1. The minimum absolute atomic E-state index is 0.0666. The summed E-state index contributed by atoms with van der Waals surface area (Å²) in [6, 6.07) is 8.11. The van der Waals surface area contributed by atoms with E-state index in [1.165, 1.54) is 0 Å². The van der Waals surface area contributed by atoms with Crippen LogP contribution in [-0.4, -0.2) is 85.0 Å². The number of nitrogens with zero attached hydrogens (tertiary/aromatic N) is 5. The van der Waals surface area contributed by atoms with Gasteiger partial charge in [0.25, 0.3) is 0 Å². The lowest BCUT2D eigenvalue weighted by atomic mass is 9.61. The van der Waals surface area contributed by atoms with Crippen LogP contribution in [0.3, 0.4) is 0 Å². The van der Waals surface area contributed by atoms with Gasteiger partial charge in [0.2, 0.25) is 11.8 Å². The standard InChI is InChI=1S/C33H41N7O5/c1-19(30-25(41-3)10-13-40(30)2)43-26-14-27(44-21-16-36-18-42-17-21)38-32(37-26)29-22-7-5-12-33(31(22)45-39-29)11-4-6-20-8-9-24(35)23(15-34)28(20)33/h8-9,14,19,21,25,30,36H,4-7,10-13,16-18,35H2,1-3H3/t19-,21+,25-,30+,33+/m0/s1. The summed E-state index contributed by atoms with van der Waals surface area (Å²) in [4.78, 5) is 12.0. The Morgan fingerprint density at radius 1 is 1.20 bits per heavy atom. The van der Waals surface area contributed by atoms with Gasteiger partial charge in [0.1, 0.15) is 18.3 Å². The molecule has 12 nitrogen and oxygen atoms in total. The minimum Gasteiger partial charge on any atom is -0.473 e. The maximum atomic E-state index is 10.2. The van der Waals surface area contributed by atoms with Gasteiger partial charge >= 0.3 is 0 Å². The number of fused-ring (bicyclic) bond motifs is 4. The molecule has 45 heavy (non-hydrogen) atoms. The highest BCUT2D eigenvalue weighted by atomic mass is 16.5. The first-order chi connectivity index (χ1) is 21.9. The molecule has 1 spiro atoms. The molecule has 7 rings (SSSR count). The summed E-state index contributed by atoms with van der Waals surface area (Å²) in [5.41, 5.74) is 10.6. The van der Waals surface area contributed by atoms with Crippen LogP contribution in [0, 0.1) is 11.3 Å². The fourth-order valence-corrected chi connectivity index (χ4v) is 8.02. The van der Waals surface area contributed by atoms with Crippen molar-refractivity contribution in [3.8, 4) is 29.3 Å². The highest BCUT2D eigenvalue weighted by Crippen LogP contribution is 2.53. The molecule has 3 aromatic rings. The molecule has 0 saturated carbocycles. The van der Waals surface area contributed by atoms with E-state index in [0.717, 1.165) is 73.9 Å². The Kier molecular flexibility index (Phi) is 8.12. The normalized spacial score (nSPS) is 27.0. The Hall–Kier alpha value is -3.76. The number of rotatable bonds is 7. The number of hydrogen-bond donors (Lipinski definition) is 2. The number of ether oxygens (including phenoxy) is 4. The van der Waals surface area contributed by atoms with Gasteiger partial charge in [0, 0.05) is 31.5 Å². The van der Waals surface area contributed by atoms with Crippen LogP contribution in [0.25, 0.3) is 11.5 Å². The fourth-order valence-electron chi connectivity index (χ4n) is 8.02. The summed E-state index contributed by atoms with van der Waals surface area (Å²) in [7, 11) is 3.84. The number of aromatic nitrogens is 3. The SMILES string of the molecule is CO[C@H]1CCN(C)[C@@H]1[C@H](C)Oc1cc(O[C@@H]2CNCOC2)nc(-c2noc3c2CCC[C@@]32CCCc3ccc(N)c(C#N)c32)n1. The van der Waals surface area contributed by atoms with E-state index in [1.807, 2.05) is 13.0 Å². The van der Waals surface area contributed by atoms with E-state index in [4.69, 9.17) is 39.2 Å². The van der Waals surface area contributed by atoms with Crippen molar-refractivity contribution in [2.45, 2.75) is 81.6 Å². The van der Waals surface area contributed by atoms with E-state index in [1.54, 1.807) is 13.2 Å². The number of hydrogen-bond acceptors (Lipinski definition) is 12. The second kappa shape index (κ2) is 12.2. The zero-order valence-corrected chi connectivity index (χ0v) is 26.2. The zero-order valence-electron chi connectivity index (χ0n) is 26.2. The molecule has 3 N–H and O–H groups in total. The van der Waals surface area contributed by atoms with Gasteiger partial charge in [0.15, 0.2) is 17.3 Å². The first kappa shape index (κ1) is 29.9. The molecule has 2 aliphatic carbocycles. The van der Waals surface area contributed by atoms with E-state index in [2.05, 4.69) is 34.6 Å². The molecule has 1 aromatic carbocycles. The molecule has 2 aliphatic heterocycles. The number of nitriles is 1. The van der Waals surface area contributed by atoms with Gasteiger partial charge in [-0.25, -0.2) is 0 Å². The molecular formula is C33H41N7O5. The van der Waals surface area contributed by atoms with Crippen molar-refractivity contribution < 1.29 is 23.5 Å². The molecule has 4 aliphatic rings. The molecule has 238 valence electrons. The van der Waals surface area contributed by atoms with Gasteiger partial charge in [-0.2, -0.15) is 15.2 Å². The molecule has 0 bridgehead atoms. The molecule has 2 fully saturated rings. The van der Waals surface area contributed by atoms with Gasteiger partial charge in [-0.1, -0.05) is 11.2 Å². The summed E-state index contributed by atoms with van der Waals surface area (Å²) >= 11 is 0. The van der Waals surface area contributed by atoms with E-state index in [0.29, 0.717) is 54.4 Å². The van der Waals surface area contributed by atoms with Gasteiger partial charge in [-0.15, -0.1) is 0 Å². The third-order valence-corrected chi connectivity index (χ3v) is 10.0. The van der Waals surface area contributed by atoms with Crippen LogP contribution in [0.2, 0.25) is 0 Å². The van der Waals surface area contributed by atoms with Crippen molar-refractivity contribution in [3.05, 3.63) is 46.2 Å². The average Bonchev–Trinajstić information content (AvgIpc) is 3.66. The number of nitrogens with one attached hydrogen (secondary N) is 1. The van der Waals surface area contributed by atoms with Gasteiger partial charge in [0.05, 0.1) is 42.5 Å². The van der Waals surface area contributed by atoms with E-state index in [-0.39, 0.29) is 24.4 Å². The Balaban J connectivity index is 1.29. The van der Waals surface area contributed by atoms with E-state index >= 15 is 0 Å². The number of likely N-dealkylation sites (tertiary alicyclic amines) is 1. The number of benzene rings is 1. The summed E-state index contributed by atoms with van der Waals surface area (Å²) in [5, 5.41) is 18.0. The second-order valence-electron chi connectivity index (χ2n) is 12.7. The maximum absolute atomic E-state index is 10.2. The highest BCUT2D eigenvalue weighted by molar-refractivity contribution is 5.67. The Labute approximate surface area is 263 Å². The van der Waals surface area contributed by atoms with E-state index in [9.17, 15) is 5.26 Å². The summed E-state index contributed by atoms with van der Waals surface area (Å²) in [6.07, 6.45) is 5.88. The van der Waals surface area contributed by atoms with Crippen LogP contribution < -0.4 is 20.5 Å². The second-order valence-corrected chi connectivity index (χ2v) is 12.7. The number of nitrogens with two attached hydrogens (primary N) is 1. The lowest BCUT2D eigenvalue weighted by molar-refractivity contribution is 0.000619. The van der Waals surface area contributed by atoms with Crippen molar-refractivity contribution in [1.82, 2.24) is 25.3 Å². The van der Waals surface area contributed by atoms with Crippen LogP contribution in [0.4, 0.5) is 5.69 Å². The van der Waals surface area contributed by atoms with Crippen molar-refractivity contribution in [1.29, 1.82) is 5.26 Å². The van der Waals surface area contributed by atoms with Crippen LogP contribution in [0.5, 0.6) is 11.8 Å². The number of methoxy groups -OCH3 is 1. The molecular weight excluding hydrogens is 574 g/mol. The fraction of sp³-hybridized carbons (Fsp3) is 0.576. The van der Waals surface area contributed by atoms with Crippen molar-refractivity contribution in [3.63, 3.8) is 0 Å². The number of likely N-dealkylation sites (N-methyl/N-ethyl adjacent to an activating group) is 1. The molecule has 12 heteroatoms. The van der Waals surface area contributed by atoms with E-state index < -0.39 is 5.41 Å². The monoisotopic (exact) mass is 615 g/mol. The Morgan fingerprint density at radius 2 is 2.02 bits per heavy atom. The number of anilines is 1. The third kappa shape index (κ3) is 5.31.